The fourth-order valence-electron chi connectivity index (χ4n) is 7.47. The van der Waals surface area contributed by atoms with E-state index >= 15 is 0 Å². The van der Waals surface area contributed by atoms with E-state index in [2.05, 4.69) is 84.9 Å². The van der Waals surface area contributed by atoms with E-state index in [-0.39, 0.29) is 5.92 Å². The molecule has 9 aromatic rings. The van der Waals surface area contributed by atoms with E-state index in [0.29, 0.717) is 17.5 Å². The fourth-order valence-corrected chi connectivity index (χ4v) is 7.47. The smallest absolute Gasteiger partial charge is 0.164 e. The SMILES string of the molecule is c1ccc(-c2nc(-c3ccccc3)nc(-c3cccc4oc5cc(C6c7ccccc7-c7c6ccc6ccccc76)ccc5c34)n2)cc1. The van der Waals surface area contributed by atoms with Crippen LogP contribution in [0.5, 0.6) is 0 Å². The van der Waals surface area contributed by atoms with Crippen molar-refractivity contribution in [3.05, 3.63) is 174 Å². The second-order valence-electron chi connectivity index (χ2n) is 12.3. The van der Waals surface area contributed by atoms with Gasteiger partial charge >= 0.3 is 0 Å². The van der Waals surface area contributed by atoms with Crippen molar-refractivity contribution in [3.8, 4) is 45.3 Å². The average molecular weight is 614 g/mol. The average Bonchev–Trinajstić information content (AvgIpc) is 3.71. The van der Waals surface area contributed by atoms with Crippen LogP contribution >= 0.6 is 0 Å². The molecule has 7 aromatic carbocycles. The van der Waals surface area contributed by atoms with Gasteiger partial charge in [0.1, 0.15) is 11.2 Å². The van der Waals surface area contributed by atoms with Crippen molar-refractivity contribution >= 4 is 32.7 Å². The van der Waals surface area contributed by atoms with Crippen LogP contribution in [-0.2, 0) is 0 Å². The second kappa shape index (κ2) is 10.6. The van der Waals surface area contributed by atoms with E-state index in [1.54, 1.807) is 0 Å². The van der Waals surface area contributed by atoms with Crippen molar-refractivity contribution in [1.82, 2.24) is 15.0 Å². The third kappa shape index (κ3) is 4.13. The topological polar surface area (TPSA) is 51.8 Å². The van der Waals surface area contributed by atoms with Crippen molar-refractivity contribution in [3.63, 3.8) is 0 Å². The molecule has 1 aliphatic rings. The monoisotopic (exact) mass is 613 g/mol. The zero-order chi connectivity index (χ0) is 31.6. The molecule has 0 spiro atoms. The van der Waals surface area contributed by atoms with Gasteiger partial charge in [-0.05, 0) is 50.7 Å². The molecule has 48 heavy (non-hydrogen) atoms. The van der Waals surface area contributed by atoms with Crippen LogP contribution in [0.3, 0.4) is 0 Å². The Labute approximate surface area is 277 Å². The molecule has 1 aliphatic carbocycles. The van der Waals surface area contributed by atoms with E-state index in [9.17, 15) is 0 Å². The minimum Gasteiger partial charge on any atom is -0.456 e. The van der Waals surface area contributed by atoms with Gasteiger partial charge in [-0.1, -0.05) is 146 Å². The molecule has 0 radical (unpaired) electrons. The molecule has 10 rings (SSSR count). The van der Waals surface area contributed by atoms with Crippen LogP contribution in [0.2, 0.25) is 0 Å². The molecular weight excluding hydrogens is 587 g/mol. The number of aromatic nitrogens is 3. The molecule has 2 aromatic heterocycles. The summed E-state index contributed by atoms with van der Waals surface area (Å²) in [7, 11) is 0. The van der Waals surface area contributed by atoms with E-state index in [0.717, 1.165) is 38.6 Å². The van der Waals surface area contributed by atoms with Gasteiger partial charge in [0.2, 0.25) is 0 Å². The molecule has 1 unspecified atom stereocenters. The van der Waals surface area contributed by atoms with Gasteiger partial charge in [0.25, 0.3) is 0 Å². The number of hydrogen-bond donors (Lipinski definition) is 0. The zero-order valence-corrected chi connectivity index (χ0v) is 25.8. The van der Waals surface area contributed by atoms with Gasteiger partial charge < -0.3 is 4.42 Å². The number of nitrogens with zero attached hydrogens (tertiary/aromatic N) is 3. The molecule has 1 atom stereocenters. The van der Waals surface area contributed by atoms with Gasteiger partial charge in [-0.2, -0.15) is 0 Å². The molecular formula is C44H27N3O. The van der Waals surface area contributed by atoms with E-state index in [1.165, 1.54) is 38.6 Å². The van der Waals surface area contributed by atoms with Crippen LogP contribution in [0, 0.1) is 0 Å². The third-order valence-electron chi connectivity index (χ3n) is 9.61. The normalized spacial score (nSPS) is 13.6. The Kier molecular flexibility index (Phi) is 5.90. The van der Waals surface area contributed by atoms with Gasteiger partial charge in [-0.25, -0.2) is 15.0 Å². The highest BCUT2D eigenvalue weighted by Crippen LogP contribution is 2.51. The lowest BCUT2D eigenvalue weighted by Crippen LogP contribution is -2.00. The van der Waals surface area contributed by atoms with Crippen LogP contribution in [0.4, 0.5) is 0 Å². The number of hydrogen-bond acceptors (Lipinski definition) is 4. The Bertz CT molecular complexity index is 2620. The maximum atomic E-state index is 6.62. The minimum atomic E-state index is 0.114. The standard InChI is InChI=1S/C44H27N3O/c1-3-13-28(14-4-1)42-45-43(29-15-5-2-6-16-29)47-44(46-42)36-20-11-21-37-41(36)34-24-23-30(26-38(34)48-37)39-32-18-9-10-19-33(32)40-31-17-8-7-12-27(31)22-25-35(39)40/h1-26,39H. The van der Waals surface area contributed by atoms with Crippen LogP contribution < -0.4 is 0 Å². The van der Waals surface area contributed by atoms with Crippen molar-refractivity contribution in [2.75, 3.05) is 0 Å². The highest BCUT2D eigenvalue weighted by Gasteiger charge is 2.31. The van der Waals surface area contributed by atoms with Gasteiger partial charge in [-0.15, -0.1) is 0 Å². The molecule has 4 heteroatoms. The maximum Gasteiger partial charge on any atom is 0.164 e. The van der Waals surface area contributed by atoms with Crippen LogP contribution in [0.15, 0.2) is 162 Å². The first-order valence-corrected chi connectivity index (χ1v) is 16.2. The van der Waals surface area contributed by atoms with E-state index in [4.69, 9.17) is 19.4 Å². The lowest BCUT2D eigenvalue weighted by Gasteiger charge is -2.15. The summed E-state index contributed by atoms with van der Waals surface area (Å²) in [6.07, 6.45) is 0. The quantitative estimate of drug-likeness (QED) is 0.198. The van der Waals surface area contributed by atoms with Gasteiger partial charge in [-0.3, -0.25) is 0 Å². The predicted octanol–water partition coefficient (Wildman–Crippen LogP) is 11.1. The number of furan rings is 1. The summed E-state index contributed by atoms with van der Waals surface area (Å²) >= 11 is 0. The molecule has 0 bridgehead atoms. The summed E-state index contributed by atoms with van der Waals surface area (Å²) in [6.45, 7) is 0. The fraction of sp³-hybridized carbons (Fsp3) is 0.0227. The molecule has 0 fully saturated rings. The molecule has 2 heterocycles. The Morgan fingerprint density at radius 2 is 1.10 bits per heavy atom. The summed E-state index contributed by atoms with van der Waals surface area (Å²) in [6, 6.07) is 55.0. The number of benzene rings is 7. The van der Waals surface area contributed by atoms with Gasteiger partial charge in [0, 0.05) is 33.4 Å². The molecule has 4 nitrogen and oxygen atoms in total. The Hall–Kier alpha value is -6.39. The maximum absolute atomic E-state index is 6.62. The lowest BCUT2D eigenvalue weighted by molar-refractivity contribution is 0.668. The van der Waals surface area contributed by atoms with Crippen LogP contribution in [0.1, 0.15) is 22.6 Å². The summed E-state index contributed by atoms with van der Waals surface area (Å²) < 4.78 is 6.62. The first kappa shape index (κ1) is 26.8. The van der Waals surface area contributed by atoms with E-state index in [1.807, 2.05) is 72.8 Å². The summed E-state index contributed by atoms with van der Waals surface area (Å²) in [5, 5.41) is 4.59. The van der Waals surface area contributed by atoms with Crippen molar-refractivity contribution < 1.29 is 4.42 Å². The summed E-state index contributed by atoms with van der Waals surface area (Å²) in [4.78, 5) is 15.0. The molecule has 0 aliphatic heterocycles. The lowest BCUT2D eigenvalue weighted by atomic mass is 9.88. The third-order valence-corrected chi connectivity index (χ3v) is 9.61. The molecule has 0 amide bonds. The number of rotatable bonds is 4. The van der Waals surface area contributed by atoms with Crippen molar-refractivity contribution in [1.29, 1.82) is 0 Å². The molecule has 0 saturated carbocycles. The highest BCUT2D eigenvalue weighted by atomic mass is 16.3. The van der Waals surface area contributed by atoms with E-state index < -0.39 is 0 Å². The number of fused-ring (bicyclic) bond motifs is 8. The highest BCUT2D eigenvalue weighted by molar-refractivity contribution is 6.12. The van der Waals surface area contributed by atoms with Crippen molar-refractivity contribution in [2.24, 2.45) is 0 Å². The van der Waals surface area contributed by atoms with Gasteiger partial charge in [0.05, 0.1) is 0 Å². The minimum absolute atomic E-state index is 0.114. The molecule has 0 N–H and O–H groups in total. The Morgan fingerprint density at radius 1 is 0.438 bits per heavy atom. The first-order chi connectivity index (χ1) is 23.8. The first-order valence-electron chi connectivity index (χ1n) is 16.2. The Morgan fingerprint density at radius 3 is 1.90 bits per heavy atom. The molecule has 0 saturated heterocycles. The van der Waals surface area contributed by atoms with Crippen LogP contribution in [-0.4, -0.2) is 15.0 Å². The zero-order valence-electron chi connectivity index (χ0n) is 25.8. The van der Waals surface area contributed by atoms with Crippen LogP contribution in [0.25, 0.3) is 78.0 Å². The van der Waals surface area contributed by atoms with Crippen molar-refractivity contribution in [2.45, 2.75) is 5.92 Å². The summed E-state index contributed by atoms with van der Waals surface area (Å²) in [5.41, 5.74) is 11.0. The predicted molar refractivity (Wildman–Crippen MR) is 194 cm³/mol. The summed E-state index contributed by atoms with van der Waals surface area (Å²) in [5.74, 6) is 2.00. The second-order valence-corrected chi connectivity index (χ2v) is 12.3. The van der Waals surface area contributed by atoms with Gasteiger partial charge in [0.15, 0.2) is 17.5 Å². The molecule has 224 valence electrons. The Balaban J connectivity index is 1.16. The largest absolute Gasteiger partial charge is 0.456 e.